The van der Waals surface area contributed by atoms with Crippen LogP contribution in [0.15, 0.2) is 61.3 Å². The van der Waals surface area contributed by atoms with Crippen molar-refractivity contribution in [1.82, 2.24) is 0 Å². The monoisotopic (exact) mass is 1680 g/mol. The Labute approximate surface area is 690 Å². The molecule has 6 aliphatic rings. The summed E-state index contributed by atoms with van der Waals surface area (Å²) in [5, 5.41) is 44.6. The summed E-state index contributed by atoms with van der Waals surface area (Å²) in [6, 6.07) is 5.12. The zero-order valence-corrected chi connectivity index (χ0v) is 79.0. The Morgan fingerprint density at radius 2 is 1.23 bits per heavy atom. The third kappa shape index (κ3) is 26.1. The number of carboxylic acids is 1. The van der Waals surface area contributed by atoms with E-state index in [0.717, 1.165) is 42.7 Å². The Bertz CT molecular complexity index is 3160. The molecule has 0 radical (unpaired) electrons. The van der Waals surface area contributed by atoms with E-state index >= 15 is 4.79 Å². The van der Waals surface area contributed by atoms with Crippen molar-refractivity contribution in [3.8, 4) is 0 Å². The second kappa shape index (κ2) is 41.7. The molecule has 0 bridgehead atoms. The molecule has 4 N–H and O–H groups in total. The lowest BCUT2D eigenvalue weighted by molar-refractivity contribution is -0.354. The van der Waals surface area contributed by atoms with E-state index in [0.29, 0.717) is 62.5 Å². The quantitative estimate of drug-likeness (QED) is 0.0145. The standard InChI is InChI=1S/C88H156O22Si4/c1-29-36-40-65(91)43-57(8)44-75-79(96)78(95)62(13)81(101-75)82(109-113(30-2,31-3)32-4)88(98-24)55-76(108-112(27,28)84(19,20)21)61(12)74(106-88)42-39-37-38-41-66-46-72(107-111(25,26)83(16,17)18)54-86(102-66)52-69(97-23)47-67(103-86)49-73(92)60(11)80(100-64(15)90)59(10)58(9)45-71-51-85(22,110-114(33-5,34-6)35-7)56-87(105-71)53-70(99-63(14)89)48-68(104-87)50-77(93)94/h29,36,38,40-41,59-62,65-72,74-76,78-82,91,95-96H,1,8-9,30-35,37,39,42-56H2,2-7,10-28H3,(H,93,94)/b40-36+,41-38+/t59-,60-,61+,62-,65+,66+,67+,68-,69+,70+,71+,72+,74-,75-,76+,78-,79-,80+,81-,82+,85+,86-,87-,88-/m1/s1. The summed E-state index contributed by atoms with van der Waals surface area (Å²) < 4.78 is 98.1. The zero-order chi connectivity index (χ0) is 85.7. The van der Waals surface area contributed by atoms with Gasteiger partial charge in [-0.3, -0.25) is 19.2 Å². The number of carboxylic acid groups (broad SMARTS) is 1. The third-order valence-electron chi connectivity index (χ3n) is 27.5. The van der Waals surface area contributed by atoms with Crippen LogP contribution in [0.5, 0.6) is 0 Å². The molecule has 0 amide bonds. The first-order valence-corrected chi connectivity index (χ1v) is 54.1. The van der Waals surface area contributed by atoms with Gasteiger partial charge < -0.3 is 85.5 Å². The fourth-order valence-corrected chi connectivity index (χ4v) is 27.1. The average molecular weight is 1680 g/mol. The van der Waals surface area contributed by atoms with Gasteiger partial charge >= 0.3 is 17.9 Å². The van der Waals surface area contributed by atoms with Crippen molar-refractivity contribution in [1.29, 1.82) is 0 Å². The van der Waals surface area contributed by atoms with Crippen LogP contribution in [0.1, 0.15) is 241 Å². The van der Waals surface area contributed by atoms with E-state index in [9.17, 15) is 34.8 Å². The molecule has 0 aromatic heterocycles. The van der Waals surface area contributed by atoms with E-state index in [1.54, 1.807) is 39.4 Å². The van der Waals surface area contributed by atoms with Crippen LogP contribution in [0.3, 0.4) is 0 Å². The van der Waals surface area contributed by atoms with E-state index in [4.69, 9.17) is 65.1 Å². The number of hydrogen-bond acceptors (Lipinski definition) is 21. The number of carbonyl (C=O) groups is 4. The summed E-state index contributed by atoms with van der Waals surface area (Å²) in [5.41, 5.74) is 0.549. The number of methoxy groups -OCH3 is 2. The molecule has 6 heterocycles. The van der Waals surface area contributed by atoms with Gasteiger partial charge in [-0.25, -0.2) is 0 Å². The molecule has 2 spiro atoms. The Morgan fingerprint density at radius 3 is 1.79 bits per heavy atom. The van der Waals surface area contributed by atoms with Gasteiger partial charge in [0.25, 0.3) is 0 Å². The van der Waals surface area contributed by atoms with Crippen molar-refractivity contribution in [3.63, 3.8) is 0 Å². The number of aliphatic hydroxyl groups is 3. The average Bonchev–Trinajstić information content (AvgIpc) is 0.750. The summed E-state index contributed by atoms with van der Waals surface area (Å²) in [7, 11) is -6.33. The maximum absolute atomic E-state index is 15.2. The predicted molar refractivity (Wildman–Crippen MR) is 456 cm³/mol. The van der Waals surface area contributed by atoms with Gasteiger partial charge in [0.05, 0.1) is 91.2 Å². The Balaban J connectivity index is 1.28. The number of carbonyl (C=O) groups excluding carboxylic acids is 3. The van der Waals surface area contributed by atoms with E-state index in [-0.39, 0.29) is 97.6 Å². The number of hydrogen-bond donors (Lipinski definition) is 4. The number of esters is 2. The molecule has 22 nitrogen and oxygen atoms in total. The lowest BCUT2D eigenvalue weighted by Gasteiger charge is -2.56. The first kappa shape index (κ1) is 99.9. The Hall–Kier alpha value is -2.95. The summed E-state index contributed by atoms with van der Waals surface area (Å²) in [5.74, 6) is -8.29. The van der Waals surface area contributed by atoms with E-state index in [2.05, 4.69) is 155 Å². The first-order valence-electron chi connectivity index (χ1n) is 43.3. The molecule has 114 heavy (non-hydrogen) atoms. The lowest BCUT2D eigenvalue weighted by atomic mass is 9.78. The van der Waals surface area contributed by atoms with Crippen LogP contribution in [-0.2, 0) is 84.3 Å². The molecule has 656 valence electrons. The highest BCUT2D eigenvalue weighted by Gasteiger charge is 2.62. The Kier molecular flexibility index (Phi) is 36.6. The molecule has 0 aliphatic carbocycles. The molecular formula is C88H156O22Si4. The van der Waals surface area contributed by atoms with Crippen LogP contribution in [0.25, 0.3) is 0 Å². The topological polar surface area (TPSA) is 278 Å². The van der Waals surface area contributed by atoms with Crippen LogP contribution in [0.2, 0.25) is 72.5 Å². The molecular weight excluding hydrogens is 1520 g/mol. The summed E-state index contributed by atoms with van der Waals surface area (Å²) in [4.78, 5) is 53.2. The molecule has 26 heteroatoms. The van der Waals surface area contributed by atoms with Crippen molar-refractivity contribution >= 4 is 57.0 Å². The molecule has 6 saturated heterocycles. The molecule has 6 rings (SSSR count). The summed E-state index contributed by atoms with van der Waals surface area (Å²) in [6.07, 6.45) is 3.77. The largest absolute Gasteiger partial charge is 0.481 e. The summed E-state index contributed by atoms with van der Waals surface area (Å²) >= 11 is 0. The van der Waals surface area contributed by atoms with E-state index in [1.807, 2.05) is 13.8 Å². The molecule has 24 atom stereocenters. The lowest BCUT2D eigenvalue weighted by Crippen LogP contribution is -2.69. The molecule has 6 fully saturated rings. The van der Waals surface area contributed by atoms with Gasteiger partial charge in [-0.2, -0.15) is 0 Å². The van der Waals surface area contributed by atoms with Crippen LogP contribution >= 0.6 is 0 Å². The normalized spacial score (nSPS) is 33.7. The van der Waals surface area contributed by atoms with Crippen LogP contribution in [0, 0.1) is 23.7 Å². The zero-order valence-electron chi connectivity index (χ0n) is 75.0. The van der Waals surface area contributed by atoms with Crippen molar-refractivity contribution in [2.75, 3.05) is 14.2 Å². The molecule has 6 aliphatic heterocycles. The maximum atomic E-state index is 15.2. The second-order valence-corrected chi connectivity index (χ2v) is 57.1. The van der Waals surface area contributed by atoms with Crippen LogP contribution in [-0.4, -0.2) is 212 Å². The van der Waals surface area contributed by atoms with Crippen molar-refractivity contribution in [3.05, 3.63) is 61.3 Å². The SMILES string of the molecule is C=C/C=C/[C@H](O)CC(=C)C[C@H]1O[C@@H]([C@H](O[Si](CC)(CC)CC)[C@@]2(OC)C[C@H](O[Si](C)(C)C(C)(C)C)[C@@H](C)[C@@H](CCC/C=C/[C@H]3C[C@H](O[Si](C)(C)C(C)(C)C)C[C@]4(C[C@@H](OC)C[C@@H](CC(=O)[C@@H](C)[C@@H](OC(C)=O)[C@H](C)C(=C)C[C@H]5C[C@](C)(O[Si](CC)(CC)CC)C[C@@]6(C[C@@H](OC(C)=O)C[C@H](CC(=O)O)O6)O5)O4)O3)O2)[C@H](C)[C@@H](O)[C@@H]1O. The van der Waals surface area contributed by atoms with Gasteiger partial charge in [-0.05, 0) is 118 Å². The van der Waals surface area contributed by atoms with E-state index in [1.165, 1.54) is 13.8 Å². The highest BCUT2D eigenvalue weighted by molar-refractivity contribution is 6.75. The van der Waals surface area contributed by atoms with Gasteiger partial charge in [0.1, 0.15) is 30.2 Å². The van der Waals surface area contributed by atoms with Crippen molar-refractivity contribution < 1.29 is 105 Å². The maximum Gasteiger partial charge on any atom is 0.305 e. The van der Waals surface area contributed by atoms with Gasteiger partial charge in [0, 0.05) is 110 Å². The number of unbranched alkanes of at least 4 members (excludes halogenated alkanes) is 1. The fourth-order valence-electron chi connectivity index (χ4n) is 18.3. The highest BCUT2D eigenvalue weighted by Crippen LogP contribution is 2.53. The van der Waals surface area contributed by atoms with Gasteiger partial charge in [-0.1, -0.05) is 172 Å². The Morgan fingerprint density at radius 1 is 0.658 bits per heavy atom. The first-order chi connectivity index (χ1) is 53.0. The number of aliphatic hydroxyl groups excluding tert-OH is 3. The van der Waals surface area contributed by atoms with Gasteiger partial charge in [0.2, 0.25) is 0 Å². The molecule has 0 saturated carbocycles. The smallest absolute Gasteiger partial charge is 0.305 e. The van der Waals surface area contributed by atoms with Gasteiger partial charge in [-0.15, -0.1) is 0 Å². The predicted octanol–water partition coefficient (Wildman–Crippen LogP) is 17.6. The van der Waals surface area contributed by atoms with E-state index < -0.39 is 165 Å². The third-order valence-corrected chi connectivity index (χ3v) is 46.0. The van der Waals surface area contributed by atoms with Crippen LogP contribution < -0.4 is 0 Å². The van der Waals surface area contributed by atoms with Crippen molar-refractivity contribution in [2.24, 2.45) is 23.7 Å². The molecule has 0 unspecified atom stereocenters. The van der Waals surface area contributed by atoms with Gasteiger partial charge in [0.15, 0.2) is 50.6 Å². The number of Topliss-reactive ketones (excluding diaryl/α,β-unsaturated/α-hetero) is 1. The minimum Gasteiger partial charge on any atom is -0.481 e. The number of ether oxygens (including phenoxy) is 10. The minimum absolute atomic E-state index is 0.0216. The van der Waals surface area contributed by atoms with Crippen molar-refractivity contribution in [2.45, 2.75) is 434 Å². The van der Waals surface area contributed by atoms with Crippen LogP contribution in [0.4, 0.5) is 0 Å². The number of aliphatic carboxylic acids is 1. The highest BCUT2D eigenvalue weighted by atomic mass is 28.4. The fraction of sp³-hybridized carbons (Fsp3) is 0.841. The molecule has 0 aromatic carbocycles. The number of ketones is 1. The minimum atomic E-state index is -2.56. The second-order valence-electron chi connectivity index (χ2n) is 38.2. The molecule has 0 aromatic rings. The summed E-state index contributed by atoms with van der Waals surface area (Å²) in [6.45, 7) is 60.8. The number of rotatable bonds is 41. The number of allylic oxidation sites excluding steroid dienone is 3.